The summed E-state index contributed by atoms with van der Waals surface area (Å²) in [5.74, 6) is 0. The van der Waals surface area contributed by atoms with Crippen LogP contribution >= 0.6 is 0 Å². The van der Waals surface area contributed by atoms with Gasteiger partial charge in [-0.2, -0.15) is 0 Å². The van der Waals surface area contributed by atoms with Crippen LogP contribution in [0.25, 0.3) is 99.1 Å². The number of furan rings is 1. The van der Waals surface area contributed by atoms with Gasteiger partial charge in [-0.25, -0.2) is 0 Å². The highest BCUT2D eigenvalue weighted by Crippen LogP contribution is 2.66. The smallest absolute Gasteiger partial charge is 0.143 e. The summed E-state index contributed by atoms with van der Waals surface area (Å²) in [4.78, 5) is 2.55. The fourth-order valence-corrected chi connectivity index (χ4v) is 15.4. The van der Waals surface area contributed by atoms with E-state index in [0.29, 0.717) is 0 Å². The highest BCUT2D eigenvalue weighted by molar-refractivity contribution is 6.23. The standard InChI is InChI=1S/C76H45NO/c1-2-21-49-46(19-1)20-17-30-50(49)61-45-62-73-71(37-18-38-72(73)78-74(62)60-29-4-3-22-51(60)61)77(47-39-41-58-56-27-9-15-35-67(56)75(69(58)43-47)63-31-11-5-23-52(63)53-24-6-12-32-64(53)75)48-40-42-59-57-28-10-16-36-68(57)76(70(59)44-48)65-33-13-7-25-54(65)55-26-8-14-34-66(55)76/h1-45H. The second kappa shape index (κ2) is 15.3. The summed E-state index contributed by atoms with van der Waals surface area (Å²) in [5, 5.41) is 6.87. The Bertz CT molecular complexity index is 4630. The van der Waals surface area contributed by atoms with Gasteiger partial charge in [0.05, 0.1) is 21.9 Å². The normalized spacial score (nSPS) is 14.1. The van der Waals surface area contributed by atoms with Crippen molar-refractivity contribution in [3.63, 3.8) is 0 Å². The van der Waals surface area contributed by atoms with Gasteiger partial charge < -0.3 is 9.32 Å². The molecule has 4 aliphatic rings. The van der Waals surface area contributed by atoms with Gasteiger partial charge in [0.25, 0.3) is 0 Å². The average Bonchev–Trinajstić information content (AvgIpc) is 4.26. The highest BCUT2D eigenvalue weighted by Gasteiger charge is 2.53. The lowest BCUT2D eigenvalue weighted by atomic mass is 9.70. The van der Waals surface area contributed by atoms with E-state index in [9.17, 15) is 0 Å². The van der Waals surface area contributed by atoms with Crippen LogP contribution in [0.2, 0.25) is 0 Å². The summed E-state index contributed by atoms with van der Waals surface area (Å²) >= 11 is 0. The molecular weight excluding hydrogens is 943 g/mol. The Labute approximate surface area is 451 Å². The van der Waals surface area contributed by atoms with E-state index in [1.807, 2.05) is 0 Å². The molecular formula is C76H45NO. The maximum atomic E-state index is 7.22. The van der Waals surface area contributed by atoms with Crippen molar-refractivity contribution in [3.05, 3.63) is 317 Å². The van der Waals surface area contributed by atoms with Crippen LogP contribution in [0.5, 0.6) is 0 Å². The van der Waals surface area contributed by atoms with E-state index in [0.717, 1.165) is 44.4 Å². The number of hydrogen-bond acceptors (Lipinski definition) is 2. The van der Waals surface area contributed by atoms with E-state index < -0.39 is 10.8 Å². The summed E-state index contributed by atoms with van der Waals surface area (Å²) in [6, 6.07) is 103. The molecule has 18 rings (SSSR count). The highest BCUT2D eigenvalue weighted by atomic mass is 16.3. The van der Waals surface area contributed by atoms with Gasteiger partial charge in [0.15, 0.2) is 0 Å². The molecule has 0 fully saturated rings. The first kappa shape index (κ1) is 42.2. The fourth-order valence-electron chi connectivity index (χ4n) is 15.4. The zero-order valence-electron chi connectivity index (χ0n) is 42.3. The zero-order chi connectivity index (χ0) is 50.8. The predicted molar refractivity (Wildman–Crippen MR) is 321 cm³/mol. The third kappa shape index (κ3) is 5.18. The van der Waals surface area contributed by atoms with Gasteiger partial charge in [0.1, 0.15) is 11.2 Å². The molecule has 2 heteroatoms. The lowest BCUT2D eigenvalue weighted by Gasteiger charge is -2.33. The molecule has 0 amide bonds. The Hall–Kier alpha value is -10.0. The van der Waals surface area contributed by atoms with Crippen LogP contribution in [-0.2, 0) is 10.8 Å². The van der Waals surface area contributed by atoms with Crippen LogP contribution in [0.4, 0.5) is 17.1 Å². The predicted octanol–water partition coefficient (Wildman–Crippen LogP) is 19.7. The van der Waals surface area contributed by atoms with Crippen LogP contribution in [-0.4, -0.2) is 0 Å². The summed E-state index contributed by atoms with van der Waals surface area (Å²) in [6.45, 7) is 0. The molecule has 0 aliphatic heterocycles. The molecule has 0 radical (unpaired) electrons. The third-order valence-corrected chi connectivity index (χ3v) is 18.3. The molecule has 0 atom stereocenters. The average molecular weight is 988 g/mol. The molecule has 1 heterocycles. The van der Waals surface area contributed by atoms with E-state index in [2.05, 4.69) is 278 Å². The topological polar surface area (TPSA) is 16.4 Å². The molecule has 0 saturated heterocycles. The lowest BCUT2D eigenvalue weighted by molar-refractivity contribution is 0.672. The fraction of sp³-hybridized carbons (Fsp3) is 0.0263. The van der Waals surface area contributed by atoms with Gasteiger partial charge in [-0.15, -0.1) is 0 Å². The van der Waals surface area contributed by atoms with Gasteiger partial charge in [-0.3, -0.25) is 0 Å². The Morgan fingerprint density at radius 3 is 1.14 bits per heavy atom. The van der Waals surface area contributed by atoms with E-state index >= 15 is 0 Å². The van der Waals surface area contributed by atoms with Crippen LogP contribution < -0.4 is 4.90 Å². The number of rotatable bonds is 4. The molecule has 2 spiro atoms. The Kier molecular flexibility index (Phi) is 8.29. The minimum absolute atomic E-state index is 0.525. The molecule has 0 N–H and O–H groups in total. The maximum absolute atomic E-state index is 7.22. The van der Waals surface area contributed by atoms with Gasteiger partial charge in [-0.1, -0.05) is 231 Å². The largest absolute Gasteiger partial charge is 0.455 e. The summed E-state index contributed by atoms with van der Waals surface area (Å²) < 4.78 is 7.22. The van der Waals surface area contributed by atoms with Gasteiger partial charge >= 0.3 is 0 Å². The minimum Gasteiger partial charge on any atom is -0.455 e. The molecule has 14 aromatic rings. The first-order valence-corrected chi connectivity index (χ1v) is 27.2. The van der Waals surface area contributed by atoms with E-state index in [1.165, 1.54) is 116 Å². The minimum atomic E-state index is -0.525. The second-order valence-corrected chi connectivity index (χ2v) is 21.7. The van der Waals surface area contributed by atoms with Crippen molar-refractivity contribution in [2.75, 3.05) is 4.90 Å². The van der Waals surface area contributed by atoms with E-state index in [4.69, 9.17) is 4.42 Å². The summed E-state index contributed by atoms with van der Waals surface area (Å²) in [7, 11) is 0. The third-order valence-electron chi connectivity index (χ3n) is 18.3. The summed E-state index contributed by atoms with van der Waals surface area (Å²) in [5.41, 5.74) is 27.1. The SMILES string of the molecule is c1ccc2c(c1)-c1ccccc1C21c2ccccc2-c2ccc(N(c3ccc4c(c3)C3(c5ccccc5-c5ccccc53)c3ccccc3-4)c3cccc4oc5c6ccccc6c(-c6cccc7ccccc67)cc5c34)cc21. The number of benzene rings is 13. The van der Waals surface area contributed by atoms with Crippen LogP contribution in [0.1, 0.15) is 44.5 Å². The van der Waals surface area contributed by atoms with Gasteiger partial charge in [-0.05, 0) is 159 Å². The Balaban J connectivity index is 0.957. The molecule has 0 saturated carbocycles. The maximum Gasteiger partial charge on any atom is 0.143 e. The van der Waals surface area contributed by atoms with Crippen LogP contribution in [0, 0.1) is 0 Å². The molecule has 0 bridgehead atoms. The van der Waals surface area contributed by atoms with Crippen molar-refractivity contribution in [2.45, 2.75) is 10.8 Å². The first-order valence-electron chi connectivity index (χ1n) is 27.2. The molecule has 4 aliphatic carbocycles. The lowest BCUT2D eigenvalue weighted by Crippen LogP contribution is -2.26. The van der Waals surface area contributed by atoms with Gasteiger partial charge in [0, 0.05) is 22.1 Å². The van der Waals surface area contributed by atoms with Crippen molar-refractivity contribution in [1.82, 2.24) is 0 Å². The van der Waals surface area contributed by atoms with Crippen LogP contribution in [0.15, 0.2) is 277 Å². The Morgan fingerprint density at radius 2 is 0.641 bits per heavy atom. The number of nitrogens with zero attached hydrogens (tertiary/aromatic N) is 1. The molecule has 0 unspecified atom stereocenters. The molecule has 13 aromatic carbocycles. The monoisotopic (exact) mass is 987 g/mol. The van der Waals surface area contributed by atoms with Crippen LogP contribution in [0.3, 0.4) is 0 Å². The molecule has 1 aromatic heterocycles. The molecule has 78 heavy (non-hydrogen) atoms. The van der Waals surface area contributed by atoms with Crippen molar-refractivity contribution < 1.29 is 4.42 Å². The van der Waals surface area contributed by atoms with E-state index in [1.54, 1.807) is 0 Å². The van der Waals surface area contributed by atoms with Gasteiger partial charge in [0.2, 0.25) is 0 Å². The Morgan fingerprint density at radius 1 is 0.256 bits per heavy atom. The van der Waals surface area contributed by atoms with Crippen molar-refractivity contribution >= 4 is 60.5 Å². The quantitative estimate of drug-likeness (QED) is 0.175. The second-order valence-electron chi connectivity index (χ2n) is 21.7. The molecule has 2 nitrogen and oxygen atoms in total. The number of fused-ring (bicyclic) bond motifs is 26. The molecule has 360 valence electrons. The number of hydrogen-bond donors (Lipinski definition) is 0. The number of anilines is 3. The van der Waals surface area contributed by atoms with Crippen molar-refractivity contribution in [2.24, 2.45) is 0 Å². The zero-order valence-corrected chi connectivity index (χ0v) is 42.3. The summed E-state index contributed by atoms with van der Waals surface area (Å²) in [6.07, 6.45) is 0. The van der Waals surface area contributed by atoms with Crippen molar-refractivity contribution in [1.29, 1.82) is 0 Å². The van der Waals surface area contributed by atoms with Crippen molar-refractivity contribution in [3.8, 4) is 55.6 Å². The van der Waals surface area contributed by atoms with E-state index in [-0.39, 0.29) is 0 Å². The first-order chi connectivity index (χ1) is 38.7.